The molecule has 1 aromatic rings. The highest BCUT2D eigenvalue weighted by Gasteiger charge is 2.61. The summed E-state index contributed by atoms with van der Waals surface area (Å²) in [5.74, 6) is 0. The largest absolute Gasteiger partial charge is 0.396 e. The number of rotatable bonds is 2. The molecular weight excluding hydrogens is 160 g/mol. The van der Waals surface area contributed by atoms with Crippen LogP contribution in [-0.2, 0) is 5.41 Å². The molecule has 1 aliphatic carbocycles. The molecule has 1 heteroatoms. The second kappa shape index (κ2) is 2.58. The molecule has 2 atom stereocenters. The van der Waals surface area contributed by atoms with Crippen LogP contribution in [0.25, 0.3) is 0 Å². The number of aliphatic hydroxyl groups excluding tert-OH is 1. The van der Waals surface area contributed by atoms with Crippen LogP contribution >= 0.6 is 0 Å². The predicted octanol–water partition coefficient (Wildman–Crippen LogP) is 2.35. The highest BCUT2D eigenvalue weighted by molar-refractivity contribution is 5.36. The van der Waals surface area contributed by atoms with Crippen LogP contribution in [0.1, 0.15) is 25.8 Å². The monoisotopic (exact) mass is 176 g/mol. The second-order valence-corrected chi connectivity index (χ2v) is 4.59. The molecule has 0 unspecified atom stereocenters. The van der Waals surface area contributed by atoms with Crippen molar-refractivity contribution in [3.63, 3.8) is 0 Å². The first-order valence-electron chi connectivity index (χ1n) is 4.79. The minimum absolute atomic E-state index is 0.106. The van der Waals surface area contributed by atoms with E-state index in [1.165, 1.54) is 5.56 Å². The smallest absolute Gasteiger partial charge is 0.0493 e. The van der Waals surface area contributed by atoms with Crippen molar-refractivity contribution in [2.24, 2.45) is 5.41 Å². The van der Waals surface area contributed by atoms with Gasteiger partial charge in [0.1, 0.15) is 0 Å². The van der Waals surface area contributed by atoms with Gasteiger partial charge < -0.3 is 5.11 Å². The molecule has 0 amide bonds. The molecule has 0 heterocycles. The summed E-state index contributed by atoms with van der Waals surface area (Å²) >= 11 is 0. The SMILES string of the molecule is C[C@]1(CO)C[C@@]1(C)c1ccccc1. The van der Waals surface area contributed by atoms with Gasteiger partial charge in [-0.2, -0.15) is 0 Å². The average Bonchev–Trinajstić information content (AvgIpc) is 2.74. The molecule has 0 spiro atoms. The van der Waals surface area contributed by atoms with E-state index in [1.54, 1.807) is 0 Å². The van der Waals surface area contributed by atoms with Gasteiger partial charge in [-0.3, -0.25) is 0 Å². The van der Waals surface area contributed by atoms with Gasteiger partial charge in [0.25, 0.3) is 0 Å². The van der Waals surface area contributed by atoms with Gasteiger partial charge in [-0.25, -0.2) is 0 Å². The summed E-state index contributed by atoms with van der Waals surface area (Å²) in [5.41, 5.74) is 1.66. The molecule has 0 radical (unpaired) electrons. The van der Waals surface area contributed by atoms with Crippen LogP contribution in [0, 0.1) is 5.41 Å². The van der Waals surface area contributed by atoms with Crippen LogP contribution in [0.4, 0.5) is 0 Å². The zero-order valence-corrected chi connectivity index (χ0v) is 8.25. The Bertz CT molecular complexity index is 306. The van der Waals surface area contributed by atoms with Gasteiger partial charge in [-0.15, -0.1) is 0 Å². The number of aliphatic hydroxyl groups is 1. The first-order valence-corrected chi connectivity index (χ1v) is 4.79. The standard InChI is InChI=1S/C12H16O/c1-11(9-13)8-12(11,2)10-6-4-3-5-7-10/h3-7,13H,8-9H2,1-2H3/t11-,12+/m1/s1. The third kappa shape index (κ3) is 1.11. The van der Waals surface area contributed by atoms with E-state index in [0.29, 0.717) is 6.61 Å². The van der Waals surface area contributed by atoms with Crippen molar-refractivity contribution in [2.75, 3.05) is 6.61 Å². The van der Waals surface area contributed by atoms with Gasteiger partial charge in [0.05, 0.1) is 0 Å². The summed E-state index contributed by atoms with van der Waals surface area (Å²) in [5, 5.41) is 9.26. The molecule has 2 rings (SSSR count). The quantitative estimate of drug-likeness (QED) is 0.733. The molecule has 1 fully saturated rings. The Morgan fingerprint density at radius 3 is 2.31 bits per heavy atom. The lowest BCUT2D eigenvalue weighted by atomic mass is 9.89. The summed E-state index contributed by atoms with van der Waals surface area (Å²) in [7, 11) is 0. The van der Waals surface area contributed by atoms with Gasteiger partial charge >= 0.3 is 0 Å². The van der Waals surface area contributed by atoms with Crippen LogP contribution in [0.2, 0.25) is 0 Å². The van der Waals surface area contributed by atoms with Crippen molar-refractivity contribution >= 4 is 0 Å². The Hall–Kier alpha value is -0.820. The summed E-state index contributed by atoms with van der Waals surface area (Å²) in [4.78, 5) is 0. The van der Waals surface area contributed by atoms with E-state index in [-0.39, 0.29) is 10.8 Å². The van der Waals surface area contributed by atoms with Crippen LogP contribution < -0.4 is 0 Å². The fourth-order valence-corrected chi connectivity index (χ4v) is 2.22. The van der Waals surface area contributed by atoms with Gasteiger partial charge in [0, 0.05) is 17.4 Å². The van der Waals surface area contributed by atoms with Gasteiger partial charge in [-0.05, 0) is 12.0 Å². The van der Waals surface area contributed by atoms with Crippen LogP contribution in [0.3, 0.4) is 0 Å². The minimum atomic E-state index is 0.106. The predicted molar refractivity (Wildman–Crippen MR) is 53.6 cm³/mol. The van der Waals surface area contributed by atoms with Gasteiger partial charge in [-0.1, -0.05) is 44.2 Å². The van der Waals surface area contributed by atoms with Crippen LogP contribution in [0.5, 0.6) is 0 Å². The highest BCUT2D eigenvalue weighted by Crippen LogP contribution is 2.63. The van der Waals surface area contributed by atoms with Crippen LogP contribution in [0.15, 0.2) is 30.3 Å². The maximum atomic E-state index is 9.26. The van der Waals surface area contributed by atoms with Crippen molar-refractivity contribution in [3.8, 4) is 0 Å². The maximum absolute atomic E-state index is 9.26. The summed E-state index contributed by atoms with van der Waals surface area (Å²) in [6, 6.07) is 10.5. The Morgan fingerprint density at radius 1 is 1.23 bits per heavy atom. The molecule has 1 N–H and O–H groups in total. The highest BCUT2D eigenvalue weighted by atomic mass is 16.3. The number of hydrogen-bond acceptors (Lipinski definition) is 1. The lowest BCUT2D eigenvalue weighted by molar-refractivity contribution is 0.207. The molecule has 1 aliphatic rings. The Kier molecular flexibility index (Phi) is 1.74. The molecular formula is C12H16O. The fourth-order valence-electron chi connectivity index (χ4n) is 2.22. The number of hydrogen-bond donors (Lipinski definition) is 1. The third-order valence-electron chi connectivity index (χ3n) is 3.71. The third-order valence-corrected chi connectivity index (χ3v) is 3.71. The Morgan fingerprint density at radius 2 is 1.85 bits per heavy atom. The molecule has 0 aromatic heterocycles. The molecule has 70 valence electrons. The zero-order valence-electron chi connectivity index (χ0n) is 8.25. The van der Waals surface area contributed by atoms with Crippen LogP contribution in [-0.4, -0.2) is 11.7 Å². The number of benzene rings is 1. The molecule has 1 aromatic carbocycles. The van der Waals surface area contributed by atoms with Crippen molar-refractivity contribution in [1.29, 1.82) is 0 Å². The first kappa shape index (κ1) is 8.76. The molecule has 1 saturated carbocycles. The Labute approximate surface area is 79.4 Å². The van der Waals surface area contributed by atoms with Crippen molar-refractivity contribution in [1.82, 2.24) is 0 Å². The van der Waals surface area contributed by atoms with Crippen molar-refractivity contribution in [3.05, 3.63) is 35.9 Å². The van der Waals surface area contributed by atoms with E-state index in [9.17, 15) is 5.11 Å². The maximum Gasteiger partial charge on any atom is 0.0493 e. The van der Waals surface area contributed by atoms with E-state index >= 15 is 0 Å². The minimum Gasteiger partial charge on any atom is -0.396 e. The van der Waals surface area contributed by atoms with E-state index in [4.69, 9.17) is 0 Å². The molecule has 0 saturated heterocycles. The average molecular weight is 176 g/mol. The normalized spacial score (nSPS) is 37.5. The van der Waals surface area contributed by atoms with Gasteiger partial charge in [0.15, 0.2) is 0 Å². The van der Waals surface area contributed by atoms with E-state index in [1.807, 2.05) is 6.07 Å². The van der Waals surface area contributed by atoms with Crippen molar-refractivity contribution in [2.45, 2.75) is 25.7 Å². The first-order chi connectivity index (χ1) is 6.12. The van der Waals surface area contributed by atoms with E-state index < -0.39 is 0 Å². The topological polar surface area (TPSA) is 20.2 Å². The molecule has 0 bridgehead atoms. The molecule has 13 heavy (non-hydrogen) atoms. The zero-order chi connectivity index (χ0) is 9.53. The fraction of sp³-hybridized carbons (Fsp3) is 0.500. The lowest BCUT2D eigenvalue weighted by Crippen LogP contribution is -2.15. The summed E-state index contributed by atoms with van der Waals surface area (Å²) in [6.07, 6.45) is 1.10. The Balaban J connectivity index is 2.30. The summed E-state index contributed by atoms with van der Waals surface area (Å²) < 4.78 is 0. The second-order valence-electron chi connectivity index (χ2n) is 4.59. The lowest BCUT2D eigenvalue weighted by Gasteiger charge is -2.16. The van der Waals surface area contributed by atoms with Crippen molar-refractivity contribution < 1.29 is 5.11 Å². The van der Waals surface area contributed by atoms with E-state index in [2.05, 4.69) is 38.1 Å². The molecule has 1 nitrogen and oxygen atoms in total. The summed E-state index contributed by atoms with van der Waals surface area (Å²) in [6.45, 7) is 4.68. The van der Waals surface area contributed by atoms with Gasteiger partial charge in [0.2, 0.25) is 0 Å². The van der Waals surface area contributed by atoms with E-state index in [0.717, 1.165) is 6.42 Å². The molecule has 0 aliphatic heterocycles.